The van der Waals surface area contributed by atoms with Crippen LogP contribution in [0.5, 0.6) is 11.5 Å². The fraction of sp³-hybridized carbons (Fsp3) is 0.235. The molecule has 0 bridgehead atoms. The Morgan fingerprint density at radius 2 is 1.71 bits per heavy atom. The number of hydrogen-bond donors (Lipinski definition) is 0. The normalized spacial score (nSPS) is 10.2. The average Bonchev–Trinajstić information content (AvgIpc) is 2.50. The molecule has 0 spiro atoms. The van der Waals surface area contributed by atoms with E-state index in [0.717, 1.165) is 27.1 Å². The summed E-state index contributed by atoms with van der Waals surface area (Å²) < 4.78 is 11.4. The van der Waals surface area contributed by atoms with Gasteiger partial charge in [0.25, 0.3) is 0 Å². The second-order valence-corrected chi connectivity index (χ2v) is 5.52. The van der Waals surface area contributed by atoms with E-state index >= 15 is 0 Å². The Bertz CT molecular complexity index is 638. The van der Waals surface area contributed by atoms with Gasteiger partial charge < -0.3 is 9.47 Å². The van der Waals surface area contributed by atoms with E-state index in [0.29, 0.717) is 12.8 Å². The van der Waals surface area contributed by atoms with Gasteiger partial charge in [0, 0.05) is 22.9 Å². The first kappa shape index (κ1) is 15.6. The standard InChI is InChI=1S/C17H17BrO3/c1-20-15-7-8-16(18)13(11-15)10-14(19)9-12-5-3-4-6-17(12)21-2/h3-8,11H,9-10H2,1-2H3. The van der Waals surface area contributed by atoms with Gasteiger partial charge in [0.2, 0.25) is 0 Å². The Morgan fingerprint density at radius 1 is 1.00 bits per heavy atom. The molecule has 0 unspecified atom stereocenters. The SMILES string of the molecule is COc1ccc(Br)c(CC(=O)Cc2ccccc2OC)c1. The maximum absolute atomic E-state index is 12.3. The van der Waals surface area contributed by atoms with Crippen LogP contribution in [0.3, 0.4) is 0 Å². The maximum Gasteiger partial charge on any atom is 0.141 e. The van der Waals surface area contributed by atoms with E-state index in [4.69, 9.17) is 9.47 Å². The van der Waals surface area contributed by atoms with Crippen molar-refractivity contribution in [1.82, 2.24) is 0 Å². The number of methoxy groups -OCH3 is 2. The van der Waals surface area contributed by atoms with E-state index in [-0.39, 0.29) is 5.78 Å². The Kier molecular flexibility index (Phi) is 5.39. The van der Waals surface area contributed by atoms with Gasteiger partial charge in [-0.25, -0.2) is 0 Å². The molecule has 0 aliphatic rings. The van der Waals surface area contributed by atoms with E-state index in [1.165, 1.54) is 0 Å². The van der Waals surface area contributed by atoms with Gasteiger partial charge in [0.05, 0.1) is 14.2 Å². The summed E-state index contributed by atoms with van der Waals surface area (Å²) in [4.78, 5) is 12.3. The summed E-state index contributed by atoms with van der Waals surface area (Å²) in [6, 6.07) is 13.2. The molecule has 110 valence electrons. The van der Waals surface area contributed by atoms with Gasteiger partial charge in [-0.3, -0.25) is 4.79 Å². The van der Waals surface area contributed by atoms with Crippen LogP contribution < -0.4 is 9.47 Å². The lowest BCUT2D eigenvalue weighted by molar-refractivity contribution is -0.117. The van der Waals surface area contributed by atoms with Gasteiger partial charge >= 0.3 is 0 Å². The van der Waals surface area contributed by atoms with Crippen LogP contribution in [-0.2, 0) is 17.6 Å². The van der Waals surface area contributed by atoms with Crippen molar-refractivity contribution in [3.8, 4) is 11.5 Å². The molecule has 21 heavy (non-hydrogen) atoms. The van der Waals surface area contributed by atoms with Crippen molar-refractivity contribution in [3.05, 3.63) is 58.1 Å². The lowest BCUT2D eigenvalue weighted by atomic mass is 10.0. The number of para-hydroxylation sites is 1. The van der Waals surface area contributed by atoms with Crippen molar-refractivity contribution in [2.45, 2.75) is 12.8 Å². The molecule has 0 aromatic heterocycles. The van der Waals surface area contributed by atoms with Gasteiger partial charge in [-0.2, -0.15) is 0 Å². The van der Waals surface area contributed by atoms with Crippen molar-refractivity contribution in [2.75, 3.05) is 14.2 Å². The second kappa shape index (κ2) is 7.27. The molecule has 2 aromatic rings. The molecule has 0 heterocycles. The number of halogens is 1. The lowest BCUT2D eigenvalue weighted by Gasteiger charge is -2.09. The zero-order valence-electron chi connectivity index (χ0n) is 12.1. The number of benzene rings is 2. The maximum atomic E-state index is 12.3. The quantitative estimate of drug-likeness (QED) is 0.795. The molecule has 0 saturated heterocycles. The number of ether oxygens (including phenoxy) is 2. The van der Waals surface area contributed by atoms with Crippen molar-refractivity contribution in [1.29, 1.82) is 0 Å². The molecule has 3 nitrogen and oxygen atoms in total. The third kappa shape index (κ3) is 4.08. The first-order valence-electron chi connectivity index (χ1n) is 6.60. The molecule has 2 rings (SSSR count). The minimum atomic E-state index is 0.133. The second-order valence-electron chi connectivity index (χ2n) is 4.66. The van der Waals surface area contributed by atoms with Crippen molar-refractivity contribution in [3.63, 3.8) is 0 Å². The number of rotatable bonds is 6. The highest BCUT2D eigenvalue weighted by atomic mass is 79.9. The van der Waals surface area contributed by atoms with Crippen LogP contribution in [0, 0.1) is 0 Å². The van der Waals surface area contributed by atoms with E-state index in [9.17, 15) is 4.79 Å². The number of Topliss-reactive ketones (excluding diaryl/α,β-unsaturated/α-hetero) is 1. The van der Waals surface area contributed by atoms with Crippen LogP contribution in [0.4, 0.5) is 0 Å². The number of carbonyl (C=O) groups excluding carboxylic acids is 1. The highest BCUT2D eigenvalue weighted by Crippen LogP contribution is 2.24. The molecule has 0 atom stereocenters. The number of carbonyl (C=O) groups is 1. The van der Waals surface area contributed by atoms with Crippen LogP contribution in [0.2, 0.25) is 0 Å². The molecule has 0 saturated carbocycles. The highest BCUT2D eigenvalue weighted by Gasteiger charge is 2.11. The van der Waals surface area contributed by atoms with Crippen molar-refractivity contribution in [2.24, 2.45) is 0 Å². The molecule has 0 N–H and O–H groups in total. The first-order valence-corrected chi connectivity index (χ1v) is 7.39. The zero-order valence-corrected chi connectivity index (χ0v) is 13.6. The van der Waals surface area contributed by atoms with Crippen LogP contribution in [0.15, 0.2) is 46.9 Å². The molecular weight excluding hydrogens is 332 g/mol. The minimum Gasteiger partial charge on any atom is -0.497 e. The van der Waals surface area contributed by atoms with Crippen LogP contribution in [0.1, 0.15) is 11.1 Å². The summed E-state index contributed by atoms with van der Waals surface area (Å²) in [7, 11) is 3.23. The number of hydrogen-bond acceptors (Lipinski definition) is 3. The molecule has 2 aromatic carbocycles. The van der Waals surface area contributed by atoms with E-state index in [1.807, 2.05) is 42.5 Å². The van der Waals surface area contributed by atoms with Gasteiger partial charge in [0.1, 0.15) is 17.3 Å². The Labute approximate surface area is 133 Å². The molecule has 0 aliphatic heterocycles. The fourth-order valence-electron chi connectivity index (χ4n) is 2.15. The van der Waals surface area contributed by atoms with Crippen molar-refractivity contribution < 1.29 is 14.3 Å². The number of ketones is 1. The third-order valence-corrected chi connectivity index (χ3v) is 3.99. The van der Waals surface area contributed by atoms with Gasteiger partial charge in [-0.05, 0) is 29.8 Å². The molecular formula is C17H17BrO3. The smallest absolute Gasteiger partial charge is 0.141 e. The van der Waals surface area contributed by atoms with Crippen LogP contribution >= 0.6 is 15.9 Å². The summed E-state index contributed by atoms with van der Waals surface area (Å²) in [5, 5.41) is 0. The summed E-state index contributed by atoms with van der Waals surface area (Å²) >= 11 is 3.47. The Morgan fingerprint density at radius 3 is 2.43 bits per heavy atom. The van der Waals surface area contributed by atoms with Gasteiger partial charge in [-0.1, -0.05) is 34.1 Å². The molecule has 4 heteroatoms. The molecule has 0 amide bonds. The molecule has 0 radical (unpaired) electrons. The predicted octanol–water partition coefficient (Wildman–Crippen LogP) is 3.82. The Balaban J connectivity index is 2.11. The topological polar surface area (TPSA) is 35.5 Å². The average molecular weight is 349 g/mol. The summed E-state index contributed by atoms with van der Waals surface area (Å²) in [6.07, 6.45) is 0.712. The zero-order chi connectivity index (χ0) is 15.2. The highest BCUT2D eigenvalue weighted by molar-refractivity contribution is 9.10. The summed E-state index contributed by atoms with van der Waals surface area (Å²) in [6.45, 7) is 0. The minimum absolute atomic E-state index is 0.133. The molecule has 0 fully saturated rings. The Hall–Kier alpha value is -1.81. The van der Waals surface area contributed by atoms with Crippen molar-refractivity contribution >= 4 is 21.7 Å². The fourth-order valence-corrected chi connectivity index (χ4v) is 2.54. The summed E-state index contributed by atoms with van der Waals surface area (Å²) in [5.74, 6) is 1.63. The van der Waals surface area contributed by atoms with Crippen LogP contribution in [-0.4, -0.2) is 20.0 Å². The third-order valence-electron chi connectivity index (χ3n) is 3.22. The van der Waals surface area contributed by atoms with E-state index in [2.05, 4.69) is 15.9 Å². The first-order chi connectivity index (χ1) is 10.1. The van der Waals surface area contributed by atoms with E-state index in [1.54, 1.807) is 14.2 Å². The van der Waals surface area contributed by atoms with Gasteiger partial charge in [0.15, 0.2) is 0 Å². The largest absolute Gasteiger partial charge is 0.497 e. The monoisotopic (exact) mass is 348 g/mol. The molecule has 0 aliphatic carbocycles. The summed E-state index contributed by atoms with van der Waals surface area (Å²) in [5.41, 5.74) is 1.83. The van der Waals surface area contributed by atoms with Crippen LogP contribution in [0.25, 0.3) is 0 Å². The van der Waals surface area contributed by atoms with Gasteiger partial charge in [-0.15, -0.1) is 0 Å². The predicted molar refractivity (Wildman–Crippen MR) is 86.1 cm³/mol. The van der Waals surface area contributed by atoms with E-state index < -0.39 is 0 Å². The lowest BCUT2D eigenvalue weighted by Crippen LogP contribution is -2.08.